The Kier molecular flexibility index (Phi) is 5.65. The van der Waals surface area contributed by atoms with Crippen LogP contribution in [0.1, 0.15) is 17.9 Å². The number of nitrogens with zero attached hydrogens (tertiary/aromatic N) is 1. The highest BCUT2D eigenvalue weighted by atomic mass is 16.4. The molecule has 0 aliphatic carbocycles. The van der Waals surface area contributed by atoms with E-state index in [9.17, 15) is 0 Å². The van der Waals surface area contributed by atoms with Gasteiger partial charge in [-0.2, -0.15) is 0 Å². The Labute approximate surface area is 120 Å². The van der Waals surface area contributed by atoms with Gasteiger partial charge in [0.2, 0.25) is 0 Å². The highest BCUT2D eigenvalue weighted by molar-refractivity contribution is 5.44. The Morgan fingerprint density at radius 3 is 2.55 bits per heavy atom. The summed E-state index contributed by atoms with van der Waals surface area (Å²) in [5.41, 5.74) is 1.24. The minimum atomic E-state index is -0.0398. The molecule has 2 rings (SSSR count). The van der Waals surface area contributed by atoms with Crippen molar-refractivity contribution in [1.82, 2.24) is 5.32 Å². The Morgan fingerprint density at radius 1 is 1.10 bits per heavy atom. The molecule has 0 aliphatic heterocycles. The Balaban J connectivity index is 1.62. The normalized spacial score (nSPS) is 10.7. The summed E-state index contributed by atoms with van der Waals surface area (Å²) < 4.78 is 5.41. The van der Waals surface area contributed by atoms with Crippen LogP contribution in [0.15, 0.2) is 46.9 Å². The Hall–Kier alpha value is -1.78. The summed E-state index contributed by atoms with van der Waals surface area (Å²) in [6, 6.07) is 14.1. The average Bonchev–Trinajstić information content (AvgIpc) is 2.95. The highest BCUT2D eigenvalue weighted by Crippen LogP contribution is 2.11. The van der Waals surface area contributed by atoms with Crippen molar-refractivity contribution in [2.75, 3.05) is 25.0 Å². The van der Waals surface area contributed by atoms with Crippen molar-refractivity contribution in [2.45, 2.75) is 19.6 Å². The molecule has 4 heteroatoms. The molecule has 1 aromatic carbocycles. The molecule has 20 heavy (non-hydrogen) atoms. The first-order valence-electron chi connectivity index (χ1n) is 6.95. The molecule has 0 bridgehead atoms. The number of para-hydroxylation sites is 1. The molecule has 1 heterocycles. The predicted octanol–water partition coefficient (Wildman–Crippen LogP) is 2.39. The van der Waals surface area contributed by atoms with Crippen molar-refractivity contribution in [2.24, 2.45) is 0 Å². The van der Waals surface area contributed by atoms with Crippen LogP contribution in [0.25, 0.3) is 0 Å². The minimum absolute atomic E-state index is 0.0398. The summed E-state index contributed by atoms with van der Waals surface area (Å²) in [6.07, 6.45) is 1.07. The summed E-state index contributed by atoms with van der Waals surface area (Å²) in [5.74, 6) is 1.48. The fourth-order valence-corrected chi connectivity index (χ4v) is 2.07. The van der Waals surface area contributed by atoms with Crippen LogP contribution >= 0.6 is 0 Å². The largest absolute Gasteiger partial charge is 0.462 e. The van der Waals surface area contributed by atoms with Crippen molar-refractivity contribution in [1.29, 1.82) is 0 Å². The van der Waals surface area contributed by atoms with Gasteiger partial charge < -0.3 is 19.7 Å². The van der Waals surface area contributed by atoms with E-state index in [1.807, 2.05) is 12.1 Å². The van der Waals surface area contributed by atoms with Crippen molar-refractivity contribution >= 4 is 5.69 Å². The lowest BCUT2D eigenvalue weighted by Gasteiger charge is -2.19. The number of benzene rings is 1. The molecule has 0 unspecified atom stereocenters. The molecule has 0 saturated heterocycles. The first kappa shape index (κ1) is 14.6. The maximum Gasteiger partial charge on any atom is 0.129 e. The lowest BCUT2D eigenvalue weighted by Crippen LogP contribution is -2.23. The van der Waals surface area contributed by atoms with Crippen molar-refractivity contribution in [3.05, 3.63) is 54.0 Å². The van der Waals surface area contributed by atoms with E-state index < -0.39 is 0 Å². The SMILES string of the molecule is CN(CCCNCc1ccc(CO)o1)c1ccccc1. The first-order valence-corrected chi connectivity index (χ1v) is 6.95. The van der Waals surface area contributed by atoms with Gasteiger partial charge in [0.05, 0.1) is 6.54 Å². The van der Waals surface area contributed by atoms with Crippen LogP contribution in [0, 0.1) is 0 Å². The molecule has 4 nitrogen and oxygen atoms in total. The maximum absolute atomic E-state index is 8.91. The van der Waals surface area contributed by atoms with Crippen LogP contribution < -0.4 is 10.2 Å². The van der Waals surface area contributed by atoms with Crippen LogP contribution in [-0.4, -0.2) is 25.2 Å². The third kappa shape index (κ3) is 4.40. The molecule has 0 aliphatic rings. The van der Waals surface area contributed by atoms with E-state index in [0.29, 0.717) is 12.3 Å². The fraction of sp³-hybridized carbons (Fsp3) is 0.375. The smallest absolute Gasteiger partial charge is 0.129 e. The van der Waals surface area contributed by atoms with Gasteiger partial charge in [0.1, 0.15) is 18.1 Å². The van der Waals surface area contributed by atoms with E-state index in [1.54, 1.807) is 6.07 Å². The number of hydrogen-bond donors (Lipinski definition) is 2. The van der Waals surface area contributed by atoms with Gasteiger partial charge in [-0.05, 0) is 37.2 Å². The van der Waals surface area contributed by atoms with Gasteiger partial charge in [-0.3, -0.25) is 0 Å². The van der Waals surface area contributed by atoms with E-state index >= 15 is 0 Å². The molecule has 0 atom stereocenters. The highest BCUT2D eigenvalue weighted by Gasteiger charge is 2.01. The van der Waals surface area contributed by atoms with E-state index in [0.717, 1.165) is 25.3 Å². The maximum atomic E-state index is 8.91. The second-order valence-corrected chi connectivity index (χ2v) is 4.81. The second-order valence-electron chi connectivity index (χ2n) is 4.81. The zero-order valence-electron chi connectivity index (χ0n) is 11.9. The summed E-state index contributed by atoms with van der Waals surface area (Å²) in [4.78, 5) is 2.25. The molecule has 0 amide bonds. The molecule has 1 aromatic heterocycles. The summed E-state index contributed by atoms with van der Waals surface area (Å²) >= 11 is 0. The topological polar surface area (TPSA) is 48.6 Å². The van der Waals surface area contributed by atoms with Crippen LogP contribution in [0.2, 0.25) is 0 Å². The molecule has 0 fully saturated rings. The number of nitrogens with one attached hydrogen (secondary N) is 1. The van der Waals surface area contributed by atoms with Crippen molar-refractivity contribution < 1.29 is 9.52 Å². The molecule has 0 saturated carbocycles. The molecule has 2 N–H and O–H groups in total. The predicted molar refractivity (Wildman–Crippen MR) is 80.7 cm³/mol. The Morgan fingerprint density at radius 2 is 1.85 bits per heavy atom. The number of rotatable bonds is 8. The molecular weight excluding hydrogens is 252 g/mol. The number of hydrogen-bond acceptors (Lipinski definition) is 4. The molecule has 2 aromatic rings. The molecule has 0 radical (unpaired) electrons. The molecular formula is C16H22N2O2. The zero-order valence-corrected chi connectivity index (χ0v) is 11.9. The number of furan rings is 1. The fourth-order valence-electron chi connectivity index (χ4n) is 2.07. The first-order chi connectivity index (χ1) is 9.79. The summed E-state index contributed by atoms with van der Waals surface area (Å²) in [7, 11) is 2.11. The molecule has 108 valence electrons. The van der Waals surface area contributed by atoms with E-state index in [1.165, 1.54) is 5.69 Å². The number of anilines is 1. The van der Waals surface area contributed by atoms with E-state index in [-0.39, 0.29) is 6.61 Å². The van der Waals surface area contributed by atoms with Gasteiger partial charge in [-0.25, -0.2) is 0 Å². The van der Waals surface area contributed by atoms with Gasteiger partial charge in [0.15, 0.2) is 0 Å². The van der Waals surface area contributed by atoms with Gasteiger partial charge >= 0.3 is 0 Å². The number of aliphatic hydroxyl groups is 1. The Bertz CT molecular complexity index is 496. The summed E-state index contributed by atoms with van der Waals surface area (Å²) in [6.45, 7) is 2.61. The quantitative estimate of drug-likeness (QED) is 0.726. The van der Waals surface area contributed by atoms with Crippen LogP contribution in [0.4, 0.5) is 5.69 Å². The second kappa shape index (κ2) is 7.72. The van der Waals surface area contributed by atoms with Crippen LogP contribution in [-0.2, 0) is 13.2 Å². The molecule has 0 spiro atoms. The van der Waals surface area contributed by atoms with Crippen LogP contribution in [0.3, 0.4) is 0 Å². The van der Waals surface area contributed by atoms with E-state index in [2.05, 4.69) is 41.5 Å². The van der Waals surface area contributed by atoms with Gasteiger partial charge in [0.25, 0.3) is 0 Å². The van der Waals surface area contributed by atoms with Gasteiger partial charge in [-0.15, -0.1) is 0 Å². The van der Waals surface area contributed by atoms with Crippen LogP contribution in [0.5, 0.6) is 0 Å². The lowest BCUT2D eigenvalue weighted by molar-refractivity contribution is 0.243. The van der Waals surface area contributed by atoms with Crippen molar-refractivity contribution in [3.63, 3.8) is 0 Å². The van der Waals surface area contributed by atoms with Gasteiger partial charge in [0, 0.05) is 19.3 Å². The zero-order chi connectivity index (χ0) is 14.2. The minimum Gasteiger partial charge on any atom is -0.462 e. The van der Waals surface area contributed by atoms with Crippen molar-refractivity contribution in [3.8, 4) is 0 Å². The third-order valence-electron chi connectivity index (χ3n) is 3.22. The van der Waals surface area contributed by atoms with E-state index in [4.69, 9.17) is 9.52 Å². The summed E-state index contributed by atoms with van der Waals surface area (Å²) in [5, 5.41) is 12.3. The monoisotopic (exact) mass is 274 g/mol. The average molecular weight is 274 g/mol. The standard InChI is InChI=1S/C16H22N2O2/c1-18(14-6-3-2-4-7-14)11-5-10-17-12-15-8-9-16(13-19)20-15/h2-4,6-9,17,19H,5,10-13H2,1H3. The lowest BCUT2D eigenvalue weighted by atomic mass is 10.3. The van der Waals surface area contributed by atoms with Gasteiger partial charge in [-0.1, -0.05) is 18.2 Å². The third-order valence-corrected chi connectivity index (χ3v) is 3.22. The number of aliphatic hydroxyl groups excluding tert-OH is 1.